The standard InChI is InChI=1S/C54H52N4/c1-52(2,3)38-23-24-46-43(31-38)44-32-40(54(7,8)9)33-45(49(44)56-46)51-57-50-42(21-16-22-48(50)58(51)41-19-14-11-15-20-41)36-27-37(29-39(28-36)53(4,5)6)47-30-35(25-26-55-47)34-17-12-10-13-18-34/h10-33,56H,1-9H3. The number of para-hydroxylation sites is 2. The van der Waals surface area contributed by atoms with E-state index in [0.717, 1.165) is 67.1 Å². The molecule has 0 saturated carbocycles. The summed E-state index contributed by atoms with van der Waals surface area (Å²) in [7, 11) is 0. The monoisotopic (exact) mass is 756 g/mol. The van der Waals surface area contributed by atoms with Crippen LogP contribution < -0.4 is 0 Å². The highest BCUT2D eigenvalue weighted by molar-refractivity contribution is 6.13. The molecule has 0 radical (unpaired) electrons. The average molecular weight is 757 g/mol. The number of aromatic amines is 1. The Morgan fingerprint density at radius 3 is 1.84 bits per heavy atom. The van der Waals surface area contributed by atoms with Crippen LogP contribution in [0, 0.1) is 0 Å². The zero-order chi connectivity index (χ0) is 40.6. The number of benzene rings is 6. The lowest BCUT2D eigenvalue weighted by Gasteiger charge is -2.22. The van der Waals surface area contributed by atoms with Gasteiger partial charge in [-0.1, -0.05) is 135 Å². The van der Waals surface area contributed by atoms with E-state index >= 15 is 0 Å². The van der Waals surface area contributed by atoms with Crippen LogP contribution in [0.4, 0.5) is 0 Å². The molecule has 0 aliphatic heterocycles. The number of imidazole rings is 1. The molecule has 9 aromatic rings. The number of fused-ring (bicyclic) bond motifs is 4. The van der Waals surface area contributed by atoms with E-state index in [-0.39, 0.29) is 16.2 Å². The molecule has 0 atom stereocenters. The zero-order valence-electron chi connectivity index (χ0n) is 35.2. The van der Waals surface area contributed by atoms with Gasteiger partial charge in [-0.05, 0) is 116 Å². The van der Waals surface area contributed by atoms with Crippen LogP contribution in [-0.4, -0.2) is 19.5 Å². The van der Waals surface area contributed by atoms with Gasteiger partial charge >= 0.3 is 0 Å². The van der Waals surface area contributed by atoms with Gasteiger partial charge in [0.05, 0.1) is 22.2 Å². The molecule has 9 rings (SSSR count). The summed E-state index contributed by atoms with van der Waals surface area (Å²) in [6.45, 7) is 20.6. The second-order valence-electron chi connectivity index (χ2n) is 19.0. The fourth-order valence-electron chi connectivity index (χ4n) is 8.19. The summed E-state index contributed by atoms with van der Waals surface area (Å²) in [5.41, 5.74) is 16.7. The Labute approximate surface area is 342 Å². The molecule has 0 saturated heterocycles. The quantitative estimate of drug-likeness (QED) is 0.190. The van der Waals surface area contributed by atoms with Gasteiger partial charge in [-0.25, -0.2) is 4.98 Å². The van der Waals surface area contributed by atoms with Crippen LogP contribution in [0.2, 0.25) is 0 Å². The molecule has 288 valence electrons. The van der Waals surface area contributed by atoms with E-state index in [0.29, 0.717) is 0 Å². The maximum absolute atomic E-state index is 5.71. The first-order chi connectivity index (χ1) is 27.6. The maximum atomic E-state index is 5.71. The van der Waals surface area contributed by atoms with Crippen LogP contribution in [0.3, 0.4) is 0 Å². The molecule has 3 heterocycles. The van der Waals surface area contributed by atoms with Crippen molar-refractivity contribution in [3.8, 4) is 50.6 Å². The minimum Gasteiger partial charge on any atom is -0.354 e. The van der Waals surface area contributed by atoms with Crippen molar-refractivity contribution < 1.29 is 0 Å². The van der Waals surface area contributed by atoms with Crippen LogP contribution in [0.15, 0.2) is 146 Å². The topological polar surface area (TPSA) is 46.5 Å². The molecule has 4 heteroatoms. The van der Waals surface area contributed by atoms with E-state index in [1.807, 2.05) is 6.20 Å². The summed E-state index contributed by atoms with van der Waals surface area (Å²) in [6, 6.07) is 50.8. The molecular weight excluding hydrogens is 705 g/mol. The van der Waals surface area contributed by atoms with E-state index in [2.05, 4.69) is 211 Å². The molecule has 0 aliphatic rings. The molecule has 0 unspecified atom stereocenters. The van der Waals surface area contributed by atoms with E-state index in [1.165, 1.54) is 33.0 Å². The molecule has 3 aromatic heterocycles. The summed E-state index contributed by atoms with van der Waals surface area (Å²) in [6.07, 6.45) is 1.93. The van der Waals surface area contributed by atoms with Crippen molar-refractivity contribution >= 4 is 32.8 Å². The van der Waals surface area contributed by atoms with Crippen LogP contribution in [-0.2, 0) is 16.2 Å². The van der Waals surface area contributed by atoms with Crippen molar-refractivity contribution in [3.63, 3.8) is 0 Å². The van der Waals surface area contributed by atoms with Gasteiger partial charge in [-0.3, -0.25) is 9.55 Å². The largest absolute Gasteiger partial charge is 0.354 e. The molecule has 0 spiro atoms. The third-order valence-corrected chi connectivity index (χ3v) is 11.7. The molecule has 0 fully saturated rings. The van der Waals surface area contributed by atoms with Crippen molar-refractivity contribution in [2.75, 3.05) is 0 Å². The van der Waals surface area contributed by atoms with E-state index < -0.39 is 0 Å². The third-order valence-electron chi connectivity index (χ3n) is 11.7. The molecule has 0 aliphatic carbocycles. The highest BCUT2D eigenvalue weighted by Crippen LogP contribution is 2.43. The van der Waals surface area contributed by atoms with Crippen LogP contribution in [0.25, 0.3) is 83.4 Å². The highest BCUT2D eigenvalue weighted by Gasteiger charge is 2.26. The van der Waals surface area contributed by atoms with E-state index in [9.17, 15) is 0 Å². The molecule has 0 amide bonds. The molecule has 6 aromatic carbocycles. The summed E-state index contributed by atoms with van der Waals surface area (Å²) < 4.78 is 2.35. The second kappa shape index (κ2) is 13.7. The number of H-pyrrole nitrogens is 1. The average Bonchev–Trinajstić information content (AvgIpc) is 3.79. The predicted molar refractivity (Wildman–Crippen MR) is 246 cm³/mol. The fraction of sp³-hybridized carbons (Fsp3) is 0.222. The Hall–Kier alpha value is -6.26. The number of aromatic nitrogens is 4. The molecular formula is C54H52N4. The fourth-order valence-corrected chi connectivity index (χ4v) is 8.19. The Morgan fingerprint density at radius 2 is 1.14 bits per heavy atom. The number of hydrogen-bond acceptors (Lipinski definition) is 2. The number of nitrogens with one attached hydrogen (secondary N) is 1. The van der Waals surface area contributed by atoms with Gasteiger partial charge in [0.25, 0.3) is 0 Å². The normalized spacial score (nSPS) is 12.6. The summed E-state index contributed by atoms with van der Waals surface area (Å²) in [4.78, 5) is 14.5. The molecule has 0 bridgehead atoms. The molecule has 1 N–H and O–H groups in total. The predicted octanol–water partition coefficient (Wildman–Crippen LogP) is 14.6. The van der Waals surface area contributed by atoms with Crippen molar-refractivity contribution in [1.82, 2.24) is 19.5 Å². The van der Waals surface area contributed by atoms with Gasteiger partial charge in [0.2, 0.25) is 0 Å². The molecule has 58 heavy (non-hydrogen) atoms. The van der Waals surface area contributed by atoms with Gasteiger partial charge in [0, 0.05) is 44.9 Å². The number of hydrogen-bond donors (Lipinski definition) is 1. The lowest BCUT2D eigenvalue weighted by Crippen LogP contribution is -2.11. The van der Waals surface area contributed by atoms with Gasteiger partial charge in [-0.15, -0.1) is 0 Å². The maximum Gasteiger partial charge on any atom is 0.147 e. The second-order valence-corrected chi connectivity index (χ2v) is 19.0. The van der Waals surface area contributed by atoms with Gasteiger partial charge in [-0.2, -0.15) is 0 Å². The van der Waals surface area contributed by atoms with Crippen LogP contribution >= 0.6 is 0 Å². The summed E-state index contributed by atoms with van der Waals surface area (Å²) >= 11 is 0. The van der Waals surface area contributed by atoms with Crippen LogP contribution in [0.1, 0.15) is 79.0 Å². The van der Waals surface area contributed by atoms with Crippen LogP contribution in [0.5, 0.6) is 0 Å². The Kier molecular flexibility index (Phi) is 8.81. The first-order valence-electron chi connectivity index (χ1n) is 20.5. The Bertz CT molecular complexity index is 2980. The van der Waals surface area contributed by atoms with E-state index in [1.54, 1.807) is 0 Å². The summed E-state index contributed by atoms with van der Waals surface area (Å²) in [5, 5.41) is 2.47. The number of pyridine rings is 1. The first kappa shape index (κ1) is 37.3. The highest BCUT2D eigenvalue weighted by atomic mass is 15.1. The third kappa shape index (κ3) is 6.71. The lowest BCUT2D eigenvalue weighted by molar-refractivity contribution is 0.590. The minimum absolute atomic E-state index is 0.0326. The SMILES string of the molecule is CC(C)(C)c1cc(-c2cc(-c3ccccc3)ccn2)cc(-c2cccc3c2nc(-c2cc(C(C)(C)C)cc4c2[nH]c2ccc(C(C)(C)C)cc24)n3-c2ccccc2)c1. The number of rotatable bonds is 5. The number of nitrogens with zero attached hydrogens (tertiary/aromatic N) is 3. The van der Waals surface area contributed by atoms with Gasteiger partial charge in [0.15, 0.2) is 0 Å². The lowest BCUT2D eigenvalue weighted by atomic mass is 9.83. The smallest absolute Gasteiger partial charge is 0.147 e. The van der Waals surface area contributed by atoms with Crippen molar-refractivity contribution in [2.24, 2.45) is 0 Å². The van der Waals surface area contributed by atoms with Crippen molar-refractivity contribution in [2.45, 2.75) is 78.6 Å². The van der Waals surface area contributed by atoms with E-state index in [4.69, 9.17) is 9.97 Å². The van der Waals surface area contributed by atoms with Crippen molar-refractivity contribution in [1.29, 1.82) is 0 Å². The Morgan fingerprint density at radius 1 is 0.483 bits per heavy atom. The minimum atomic E-state index is -0.0915. The first-order valence-corrected chi connectivity index (χ1v) is 20.5. The van der Waals surface area contributed by atoms with Gasteiger partial charge in [0.1, 0.15) is 5.82 Å². The zero-order valence-corrected chi connectivity index (χ0v) is 35.2. The summed E-state index contributed by atoms with van der Waals surface area (Å²) in [5.74, 6) is 0.914. The molecule has 4 nitrogen and oxygen atoms in total. The van der Waals surface area contributed by atoms with Crippen molar-refractivity contribution in [3.05, 3.63) is 162 Å². The van der Waals surface area contributed by atoms with Gasteiger partial charge < -0.3 is 4.98 Å². The Balaban J connectivity index is 1.32.